The minimum atomic E-state index is -1.34. The van der Waals surface area contributed by atoms with Crippen LogP contribution in [0.5, 0.6) is 0 Å². The number of nitrogens with one attached hydrogen (secondary N) is 2. The van der Waals surface area contributed by atoms with E-state index < -0.39 is 53.8 Å². The van der Waals surface area contributed by atoms with Crippen LogP contribution in [0.3, 0.4) is 0 Å². The first-order valence-corrected chi connectivity index (χ1v) is 16.3. The summed E-state index contributed by atoms with van der Waals surface area (Å²) in [5, 5.41) is 5.54. The van der Waals surface area contributed by atoms with E-state index in [1.54, 1.807) is 25.7 Å². The normalized spacial score (nSPS) is 18.9. The van der Waals surface area contributed by atoms with Crippen LogP contribution in [0, 0.1) is 0 Å². The molecule has 1 aliphatic heterocycles. The Morgan fingerprint density at radius 1 is 0.854 bits per heavy atom. The van der Waals surface area contributed by atoms with E-state index in [1.165, 1.54) is 13.0 Å². The van der Waals surface area contributed by atoms with Crippen LogP contribution in [0.1, 0.15) is 63.3 Å². The molecule has 48 heavy (non-hydrogen) atoms. The Morgan fingerprint density at radius 3 is 1.94 bits per heavy atom. The fourth-order valence-electron chi connectivity index (χ4n) is 5.67. The highest BCUT2D eigenvalue weighted by Gasteiger charge is 2.47. The maximum Gasteiger partial charge on any atom is 0.408 e. The number of amides is 3. The zero-order chi connectivity index (χ0) is 34.3. The van der Waals surface area contributed by atoms with Crippen LogP contribution in [-0.2, 0) is 35.0 Å². The summed E-state index contributed by atoms with van der Waals surface area (Å²) in [6, 6.07) is 26.3. The van der Waals surface area contributed by atoms with E-state index >= 15 is 0 Å². The number of esters is 1. The van der Waals surface area contributed by atoms with Gasteiger partial charge in [0, 0.05) is 19.5 Å². The second-order valence-electron chi connectivity index (χ2n) is 13.1. The summed E-state index contributed by atoms with van der Waals surface area (Å²) in [6.07, 6.45) is 0.739. The van der Waals surface area contributed by atoms with Crippen LogP contribution >= 0.6 is 0 Å². The average molecular weight is 654 g/mol. The van der Waals surface area contributed by atoms with Crippen molar-refractivity contribution in [3.05, 3.63) is 120 Å². The van der Waals surface area contributed by atoms with Gasteiger partial charge >= 0.3 is 12.1 Å². The predicted molar refractivity (Wildman–Crippen MR) is 179 cm³/mol. The molecule has 0 unspecified atom stereocenters. The Labute approximate surface area is 281 Å². The fourth-order valence-corrected chi connectivity index (χ4v) is 5.67. The first-order valence-electron chi connectivity index (χ1n) is 16.3. The number of nitrogens with zero attached hydrogens (tertiary/aromatic N) is 1. The molecule has 3 atom stereocenters. The van der Waals surface area contributed by atoms with E-state index in [0.717, 1.165) is 29.5 Å². The van der Waals surface area contributed by atoms with Gasteiger partial charge < -0.3 is 29.7 Å². The Hall–Kier alpha value is -5.12. The molecular formula is C38H43N3O7. The highest BCUT2D eigenvalue weighted by molar-refractivity contribution is 5.90. The molecule has 1 heterocycles. The van der Waals surface area contributed by atoms with Crippen molar-refractivity contribution in [2.45, 2.75) is 82.9 Å². The van der Waals surface area contributed by atoms with Gasteiger partial charge in [-0.1, -0.05) is 91.0 Å². The quantitative estimate of drug-likeness (QED) is 0.272. The van der Waals surface area contributed by atoms with Gasteiger partial charge in [-0.05, 0) is 62.8 Å². The molecule has 252 valence electrons. The first kappa shape index (κ1) is 34.2. The fraction of sp³-hybridized carbons (Fsp3) is 0.368. The van der Waals surface area contributed by atoms with Gasteiger partial charge in [0.05, 0.1) is 12.1 Å². The number of ether oxygens (including phenoxy) is 3. The van der Waals surface area contributed by atoms with Crippen molar-refractivity contribution in [2.24, 2.45) is 0 Å². The summed E-state index contributed by atoms with van der Waals surface area (Å²) < 4.78 is 17.8. The summed E-state index contributed by atoms with van der Waals surface area (Å²) in [5.74, 6) is -1.92. The lowest BCUT2D eigenvalue weighted by Gasteiger charge is -2.39. The standard InChI is InChI=1S/C38H43N3O7/c1-25(42)39-32-30(40-37(45)48-38(2,3)4)24-31(36(44)47-33(27-16-10-6-11-17-27)28-18-12-7-13-19-28)46-34(32)35(43)41(29-20-21-29)23-22-26-14-8-5-9-15-26/h5-19,24,29-30,32-34H,20-23H2,1-4H3,(H,39,42)(H,40,45)/t30-,32+,34+/m0/s1. The van der Waals surface area contributed by atoms with Crippen LogP contribution in [0.15, 0.2) is 103 Å². The largest absolute Gasteiger partial charge is 0.471 e. The van der Waals surface area contributed by atoms with Crippen LogP contribution in [-0.4, -0.2) is 65.2 Å². The third-order valence-corrected chi connectivity index (χ3v) is 7.98. The monoisotopic (exact) mass is 653 g/mol. The molecule has 5 rings (SSSR count). The molecule has 1 saturated carbocycles. The number of rotatable bonds is 11. The third-order valence-electron chi connectivity index (χ3n) is 7.98. The van der Waals surface area contributed by atoms with Gasteiger partial charge in [-0.3, -0.25) is 9.59 Å². The predicted octanol–water partition coefficient (Wildman–Crippen LogP) is 5.23. The van der Waals surface area contributed by atoms with Gasteiger partial charge in [0.15, 0.2) is 12.2 Å². The van der Waals surface area contributed by atoms with E-state index in [0.29, 0.717) is 13.0 Å². The van der Waals surface area contributed by atoms with E-state index in [-0.39, 0.29) is 11.8 Å². The number of carbonyl (C=O) groups excluding carboxylic acids is 4. The van der Waals surface area contributed by atoms with Crippen molar-refractivity contribution in [1.82, 2.24) is 15.5 Å². The van der Waals surface area contributed by atoms with Crippen molar-refractivity contribution >= 4 is 23.9 Å². The Bertz CT molecular complexity index is 1560. The molecule has 10 heteroatoms. The van der Waals surface area contributed by atoms with Crippen molar-refractivity contribution in [1.29, 1.82) is 0 Å². The number of hydrogen-bond donors (Lipinski definition) is 2. The highest BCUT2D eigenvalue weighted by atomic mass is 16.6. The molecule has 1 aliphatic carbocycles. The SMILES string of the molecule is CC(=O)N[C@@H]1[C@@H](NC(=O)OC(C)(C)C)C=C(C(=O)OC(c2ccccc2)c2ccccc2)O[C@H]1C(=O)N(CCc1ccccc1)C1CC1. The van der Waals surface area contributed by atoms with Gasteiger partial charge in [0.2, 0.25) is 11.7 Å². The minimum absolute atomic E-state index is 0.00176. The van der Waals surface area contributed by atoms with Crippen LogP contribution in [0.4, 0.5) is 4.79 Å². The van der Waals surface area contributed by atoms with Crippen LogP contribution in [0.25, 0.3) is 0 Å². The van der Waals surface area contributed by atoms with E-state index in [9.17, 15) is 19.2 Å². The Balaban J connectivity index is 1.48. The summed E-state index contributed by atoms with van der Waals surface area (Å²) in [5.41, 5.74) is 1.72. The molecule has 10 nitrogen and oxygen atoms in total. The van der Waals surface area contributed by atoms with Crippen LogP contribution < -0.4 is 10.6 Å². The maximum atomic E-state index is 14.4. The lowest BCUT2D eigenvalue weighted by molar-refractivity contribution is -0.155. The summed E-state index contributed by atoms with van der Waals surface area (Å²) in [4.78, 5) is 55.7. The van der Waals surface area contributed by atoms with Gasteiger partial charge in [-0.15, -0.1) is 0 Å². The topological polar surface area (TPSA) is 123 Å². The second kappa shape index (κ2) is 15.2. The molecule has 2 N–H and O–H groups in total. The van der Waals surface area contributed by atoms with Crippen molar-refractivity contribution < 1.29 is 33.4 Å². The van der Waals surface area contributed by atoms with Crippen molar-refractivity contribution in [3.63, 3.8) is 0 Å². The molecule has 0 spiro atoms. The summed E-state index contributed by atoms with van der Waals surface area (Å²) in [6.45, 7) is 6.90. The lowest BCUT2D eigenvalue weighted by atomic mass is 9.96. The molecule has 2 aliphatic rings. The average Bonchev–Trinajstić information content (AvgIpc) is 3.90. The molecule has 0 bridgehead atoms. The highest BCUT2D eigenvalue weighted by Crippen LogP contribution is 2.32. The molecule has 3 aromatic rings. The number of hydrogen-bond acceptors (Lipinski definition) is 7. The zero-order valence-corrected chi connectivity index (χ0v) is 27.8. The Kier molecular flexibility index (Phi) is 10.8. The van der Waals surface area contributed by atoms with Crippen molar-refractivity contribution in [3.8, 4) is 0 Å². The lowest BCUT2D eigenvalue weighted by Crippen LogP contribution is -2.63. The molecule has 3 amide bonds. The zero-order valence-electron chi connectivity index (χ0n) is 27.8. The minimum Gasteiger partial charge on any atom is -0.471 e. The molecule has 0 saturated heterocycles. The smallest absolute Gasteiger partial charge is 0.408 e. The maximum absolute atomic E-state index is 14.4. The van der Waals surface area contributed by atoms with Crippen LogP contribution in [0.2, 0.25) is 0 Å². The number of alkyl carbamates (subject to hydrolysis) is 1. The molecule has 3 aromatic carbocycles. The van der Waals surface area contributed by atoms with Gasteiger partial charge in [0.25, 0.3) is 5.91 Å². The molecule has 0 aromatic heterocycles. The second-order valence-corrected chi connectivity index (χ2v) is 13.1. The van der Waals surface area contributed by atoms with E-state index in [1.807, 2.05) is 91.0 Å². The molecule has 0 radical (unpaired) electrons. The number of benzene rings is 3. The third kappa shape index (κ3) is 9.24. The van der Waals surface area contributed by atoms with Gasteiger partial charge in [-0.25, -0.2) is 9.59 Å². The summed E-state index contributed by atoms with van der Waals surface area (Å²) in [7, 11) is 0. The molecular weight excluding hydrogens is 610 g/mol. The van der Waals surface area contributed by atoms with Gasteiger partial charge in [-0.2, -0.15) is 0 Å². The van der Waals surface area contributed by atoms with E-state index in [2.05, 4.69) is 10.6 Å². The Morgan fingerprint density at radius 2 is 1.42 bits per heavy atom. The van der Waals surface area contributed by atoms with Crippen molar-refractivity contribution in [2.75, 3.05) is 6.54 Å². The summed E-state index contributed by atoms with van der Waals surface area (Å²) >= 11 is 0. The van der Waals surface area contributed by atoms with Gasteiger partial charge in [0.1, 0.15) is 5.60 Å². The number of carbonyl (C=O) groups is 4. The van der Waals surface area contributed by atoms with E-state index in [4.69, 9.17) is 14.2 Å². The first-order chi connectivity index (χ1) is 23.0. The molecule has 1 fully saturated rings.